The molecule has 0 aromatic heterocycles. The minimum Gasteiger partial charge on any atom is -0.348 e. The zero-order valence-corrected chi connectivity index (χ0v) is 13.8. The topological polar surface area (TPSA) is 61.4 Å². The Morgan fingerprint density at radius 3 is 2.70 bits per heavy atom. The summed E-state index contributed by atoms with van der Waals surface area (Å²) in [6.45, 7) is 4.47. The second-order valence-corrected chi connectivity index (χ2v) is 6.56. The monoisotopic (exact) mass is 315 g/mol. The minimum absolute atomic E-state index is 0.0280. The second-order valence-electron chi connectivity index (χ2n) is 6.56. The molecule has 1 aliphatic heterocycles. The molecule has 1 saturated carbocycles. The van der Waals surface area contributed by atoms with E-state index in [9.17, 15) is 9.59 Å². The first kappa shape index (κ1) is 15.8. The van der Waals surface area contributed by atoms with Crippen molar-refractivity contribution in [3.8, 4) is 0 Å². The van der Waals surface area contributed by atoms with Crippen LogP contribution in [-0.4, -0.2) is 35.5 Å². The summed E-state index contributed by atoms with van der Waals surface area (Å²) in [6, 6.07) is 9.64. The zero-order chi connectivity index (χ0) is 16.4. The maximum atomic E-state index is 12.8. The first-order valence-corrected chi connectivity index (χ1v) is 8.53. The normalized spacial score (nSPS) is 26.9. The van der Waals surface area contributed by atoms with Crippen molar-refractivity contribution < 1.29 is 9.59 Å². The van der Waals surface area contributed by atoms with Gasteiger partial charge in [-0.2, -0.15) is 0 Å². The number of carbonyl (C=O) groups is 2. The molecule has 4 atom stereocenters. The summed E-state index contributed by atoms with van der Waals surface area (Å²) in [6.07, 6.45) is 3.01. The van der Waals surface area contributed by atoms with E-state index in [2.05, 4.69) is 10.6 Å². The molecular weight excluding hydrogens is 290 g/mol. The van der Waals surface area contributed by atoms with Gasteiger partial charge in [-0.25, -0.2) is 4.79 Å². The largest absolute Gasteiger partial charge is 0.348 e. The predicted octanol–water partition coefficient (Wildman–Crippen LogP) is 2.45. The van der Waals surface area contributed by atoms with E-state index in [1.807, 2.05) is 44.2 Å². The molecule has 2 N–H and O–H groups in total. The lowest BCUT2D eigenvalue weighted by Gasteiger charge is -2.35. The highest BCUT2D eigenvalue weighted by Crippen LogP contribution is 2.42. The summed E-state index contributed by atoms with van der Waals surface area (Å²) in [5.41, 5.74) is 1.08. The number of nitrogens with one attached hydrogen (secondary N) is 2. The van der Waals surface area contributed by atoms with Crippen molar-refractivity contribution in [3.05, 3.63) is 35.9 Å². The lowest BCUT2D eigenvalue weighted by molar-refractivity contribution is -0.127. The Bertz CT molecular complexity index is 575. The summed E-state index contributed by atoms with van der Waals surface area (Å²) >= 11 is 0. The number of likely N-dealkylation sites (tertiary alicyclic amines) is 1. The number of piperidine rings is 1. The maximum absolute atomic E-state index is 12.8. The van der Waals surface area contributed by atoms with Gasteiger partial charge in [0.05, 0.1) is 6.04 Å². The standard InChI is InChI=1S/C18H25N3O2/c1-3-19-18(23)21-15-10-9-14(11-15)16(21)17(22)20-12(2)13-7-5-4-6-8-13/h4-8,12,14-16H,3,9-11H2,1-2H3,(H,19,23)(H,20,22)/t12-,14+,15+,16+/m1/s1. The van der Waals surface area contributed by atoms with Crippen molar-refractivity contribution in [3.63, 3.8) is 0 Å². The third-order valence-electron chi connectivity index (χ3n) is 5.07. The number of amides is 3. The Hall–Kier alpha value is -2.04. The molecule has 23 heavy (non-hydrogen) atoms. The molecule has 2 fully saturated rings. The third-order valence-corrected chi connectivity index (χ3v) is 5.07. The van der Waals surface area contributed by atoms with E-state index in [-0.39, 0.29) is 30.1 Å². The van der Waals surface area contributed by atoms with Gasteiger partial charge in [0.25, 0.3) is 0 Å². The number of hydrogen-bond donors (Lipinski definition) is 2. The van der Waals surface area contributed by atoms with E-state index >= 15 is 0 Å². The van der Waals surface area contributed by atoms with Crippen molar-refractivity contribution in [1.82, 2.24) is 15.5 Å². The van der Waals surface area contributed by atoms with Crippen LogP contribution in [0.1, 0.15) is 44.7 Å². The van der Waals surface area contributed by atoms with Gasteiger partial charge >= 0.3 is 6.03 Å². The van der Waals surface area contributed by atoms with Crippen LogP contribution in [0.5, 0.6) is 0 Å². The fourth-order valence-electron chi connectivity index (χ4n) is 3.98. The first-order chi connectivity index (χ1) is 11.1. The number of fused-ring (bicyclic) bond motifs is 2. The van der Waals surface area contributed by atoms with Crippen LogP contribution >= 0.6 is 0 Å². The van der Waals surface area contributed by atoms with Gasteiger partial charge in [0.2, 0.25) is 5.91 Å². The molecule has 0 radical (unpaired) electrons. The zero-order valence-electron chi connectivity index (χ0n) is 13.8. The van der Waals surface area contributed by atoms with E-state index in [4.69, 9.17) is 0 Å². The summed E-state index contributed by atoms with van der Waals surface area (Å²) in [4.78, 5) is 26.9. The molecule has 5 nitrogen and oxygen atoms in total. The molecule has 1 heterocycles. The highest BCUT2D eigenvalue weighted by molar-refractivity contribution is 5.88. The Kier molecular flexibility index (Phi) is 4.55. The van der Waals surface area contributed by atoms with E-state index in [1.165, 1.54) is 0 Å². The molecule has 3 rings (SSSR count). The highest BCUT2D eigenvalue weighted by atomic mass is 16.2. The van der Waals surface area contributed by atoms with Crippen LogP contribution in [0.4, 0.5) is 4.79 Å². The minimum atomic E-state index is -0.327. The van der Waals surface area contributed by atoms with Crippen LogP contribution in [0, 0.1) is 5.92 Å². The average Bonchev–Trinajstić information content (AvgIpc) is 3.16. The Morgan fingerprint density at radius 2 is 2.00 bits per heavy atom. The molecule has 3 amide bonds. The van der Waals surface area contributed by atoms with Gasteiger partial charge < -0.3 is 15.5 Å². The molecule has 2 bridgehead atoms. The maximum Gasteiger partial charge on any atom is 0.318 e. The van der Waals surface area contributed by atoms with Crippen LogP contribution in [0.2, 0.25) is 0 Å². The fraction of sp³-hybridized carbons (Fsp3) is 0.556. The number of urea groups is 1. The molecule has 1 aliphatic carbocycles. The highest BCUT2D eigenvalue weighted by Gasteiger charge is 2.51. The molecular formula is C18H25N3O2. The van der Waals surface area contributed by atoms with Crippen molar-refractivity contribution in [2.24, 2.45) is 5.92 Å². The van der Waals surface area contributed by atoms with Crippen LogP contribution in [0.3, 0.4) is 0 Å². The van der Waals surface area contributed by atoms with Crippen molar-refractivity contribution in [2.45, 2.75) is 51.2 Å². The Balaban J connectivity index is 1.71. The van der Waals surface area contributed by atoms with Crippen LogP contribution in [0.15, 0.2) is 30.3 Å². The lowest BCUT2D eigenvalue weighted by atomic mass is 9.97. The van der Waals surface area contributed by atoms with Crippen molar-refractivity contribution in [1.29, 1.82) is 0 Å². The molecule has 1 aromatic rings. The molecule has 1 aromatic carbocycles. The Labute approximate surface area is 137 Å². The van der Waals surface area contributed by atoms with Gasteiger partial charge in [0.1, 0.15) is 6.04 Å². The third kappa shape index (κ3) is 3.05. The molecule has 124 valence electrons. The predicted molar refractivity (Wildman–Crippen MR) is 88.8 cm³/mol. The molecule has 2 aliphatic rings. The van der Waals surface area contributed by atoms with E-state index < -0.39 is 0 Å². The second kappa shape index (κ2) is 6.60. The SMILES string of the molecule is CCNC(=O)N1[C@H]2CC[C@@H](C2)[C@H]1C(=O)N[C@H](C)c1ccccc1. The molecule has 0 spiro atoms. The lowest BCUT2D eigenvalue weighted by Crippen LogP contribution is -2.55. The number of carbonyl (C=O) groups excluding carboxylic acids is 2. The van der Waals surface area contributed by atoms with E-state index in [0.29, 0.717) is 12.5 Å². The average molecular weight is 315 g/mol. The van der Waals surface area contributed by atoms with Crippen LogP contribution in [0.25, 0.3) is 0 Å². The first-order valence-electron chi connectivity index (χ1n) is 8.53. The number of hydrogen-bond acceptors (Lipinski definition) is 2. The molecule has 0 unspecified atom stereocenters. The Morgan fingerprint density at radius 1 is 1.26 bits per heavy atom. The summed E-state index contributed by atoms with van der Waals surface area (Å²) in [7, 11) is 0. The van der Waals surface area contributed by atoms with Gasteiger partial charge in [-0.15, -0.1) is 0 Å². The van der Waals surface area contributed by atoms with E-state index in [0.717, 1.165) is 24.8 Å². The summed E-state index contributed by atoms with van der Waals surface area (Å²) in [5.74, 6) is 0.269. The van der Waals surface area contributed by atoms with Gasteiger partial charge in [0, 0.05) is 12.6 Å². The summed E-state index contributed by atoms with van der Waals surface area (Å²) in [5, 5.41) is 5.94. The van der Waals surface area contributed by atoms with Gasteiger partial charge in [-0.1, -0.05) is 30.3 Å². The fourth-order valence-corrected chi connectivity index (χ4v) is 3.98. The smallest absolute Gasteiger partial charge is 0.318 e. The van der Waals surface area contributed by atoms with Gasteiger partial charge in [-0.05, 0) is 44.6 Å². The number of rotatable bonds is 4. The molecule has 5 heteroatoms. The molecule has 1 saturated heterocycles. The van der Waals surface area contributed by atoms with Gasteiger partial charge in [0.15, 0.2) is 0 Å². The van der Waals surface area contributed by atoms with Crippen LogP contribution in [-0.2, 0) is 4.79 Å². The number of nitrogens with zero attached hydrogens (tertiary/aromatic N) is 1. The van der Waals surface area contributed by atoms with Crippen molar-refractivity contribution >= 4 is 11.9 Å². The van der Waals surface area contributed by atoms with E-state index in [1.54, 1.807) is 4.90 Å². The van der Waals surface area contributed by atoms with Crippen LogP contribution < -0.4 is 10.6 Å². The summed E-state index contributed by atoms with van der Waals surface area (Å²) < 4.78 is 0. The quantitative estimate of drug-likeness (QED) is 0.896. The number of benzene rings is 1. The van der Waals surface area contributed by atoms with Gasteiger partial charge in [-0.3, -0.25) is 4.79 Å². The van der Waals surface area contributed by atoms with Crippen molar-refractivity contribution in [2.75, 3.05) is 6.54 Å².